The molecule has 2 aromatic rings. The minimum absolute atomic E-state index is 0.0164. The number of hydrazine groups is 1. The SMILES string of the molecule is Cc1ccc2c(c1)c1c3n2CCN(N([O-])O)C3CCC1. The summed E-state index contributed by atoms with van der Waals surface area (Å²) in [6.07, 6.45) is 3.06. The zero-order valence-electron chi connectivity index (χ0n) is 11.5. The van der Waals surface area contributed by atoms with Gasteiger partial charge in [-0.1, -0.05) is 11.6 Å². The second-order valence-corrected chi connectivity index (χ2v) is 5.86. The maximum atomic E-state index is 11.4. The van der Waals surface area contributed by atoms with Crippen LogP contribution in [0.2, 0.25) is 0 Å². The third-order valence-corrected chi connectivity index (χ3v) is 4.72. The number of nitrogens with zero attached hydrogens (tertiary/aromatic N) is 3. The molecule has 0 spiro atoms. The van der Waals surface area contributed by atoms with E-state index in [0.717, 1.165) is 25.8 Å². The van der Waals surface area contributed by atoms with E-state index in [1.54, 1.807) is 5.01 Å². The number of hydrogen-bond acceptors (Lipinski definition) is 4. The third-order valence-electron chi connectivity index (χ3n) is 4.72. The molecular weight excluding hydrogens is 254 g/mol. The zero-order chi connectivity index (χ0) is 13.9. The van der Waals surface area contributed by atoms with E-state index in [1.165, 1.54) is 27.7 Å². The molecule has 2 aliphatic rings. The Morgan fingerprint density at radius 1 is 1.35 bits per heavy atom. The first kappa shape index (κ1) is 12.3. The molecule has 1 aromatic carbocycles. The molecule has 0 fully saturated rings. The average Bonchev–Trinajstić information content (AvgIpc) is 2.75. The second-order valence-electron chi connectivity index (χ2n) is 5.86. The van der Waals surface area contributed by atoms with Crippen LogP contribution in [0, 0.1) is 12.1 Å². The van der Waals surface area contributed by atoms with Gasteiger partial charge >= 0.3 is 0 Å². The molecule has 2 heterocycles. The number of aryl methyl sites for hydroxylation is 2. The molecule has 1 atom stereocenters. The number of benzene rings is 1. The first-order valence-electron chi connectivity index (χ1n) is 7.21. The van der Waals surface area contributed by atoms with E-state index in [1.807, 2.05) is 0 Å². The molecule has 4 rings (SSSR count). The Kier molecular flexibility index (Phi) is 2.65. The normalized spacial score (nSPS) is 22.5. The highest BCUT2D eigenvalue weighted by Gasteiger charge is 2.35. The van der Waals surface area contributed by atoms with Gasteiger partial charge in [0.25, 0.3) is 0 Å². The van der Waals surface area contributed by atoms with Crippen LogP contribution in [0.1, 0.15) is 35.7 Å². The van der Waals surface area contributed by atoms with Crippen LogP contribution >= 0.6 is 0 Å². The van der Waals surface area contributed by atoms with Crippen molar-refractivity contribution in [3.8, 4) is 0 Å². The van der Waals surface area contributed by atoms with Gasteiger partial charge in [-0.05, 0) is 43.9 Å². The highest BCUT2D eigenvalue weighted by Crippen LogP contribution is 2.42. The van der Waals surface area contributed by atoms with Crippen LogP contribution in [0.15, 0.2) is 18.2 Å². The van der Waals surface area contributed by atoms with Crippen molar-refractivity contribution in [2.24, 2.45) is 0 Å². The van der Waals surface area contributed by atoms with Crippen LogP contribution in [0.4, 0.5) is 0 Å². The van der Waals surface area contributed by atoms with E-state index < -0.39 is 0 Å². The summed E-state index contributed by atoms with van der Waals surface area (Å²) in [6, 6.07) is 6.59. The number of aromatic nitrogens is 1. The van der Waals surface area contributed by atoms with E-state index in [-0.39, 0.29) is 11.4 Å². The van der Waals surface area contributed by atoms with Gasteiger partial charge in [-0.2, -0.15) is 5.34 Å². The summed E-state index contributed by atoms with van der Waals surface area (Å²) in [5, 5.41) is 23.6. The second kappa shape index (κ2) is 4.30. The van der Waals surface area contributed by atoms with Crippen molar-refractivity contribution in [1.82, 2.24) is 14.9 Å². The molecule has 1 N–H and O–H groups in total. The Morgan fingerprint density at radius 3 is 3.00 bits per heavy atom. The van der Waals surface area contributed by atoms with Crippen molar-refractivity contribution in [1.29, 1.82) is 0 Å². The third kappa shape index (κ3) is 1.58. The molecule has 1 unspecified atom stereocenters. The number of hydrogen-bond donors (Lipinski definition) is 1. The maximum Gasteiger partial charge on any atom is 0.0663 e. The molecule has 1 aliphatic heterocycles. The summed E-state index contributed by atoms with van der Waals surface area (Å²) in [7, 11) is 0. The van der Waals surface area contributed by atoms with Crippen molar-refractivity contribution in [2.75, 3.05) is 6.54 Å². The highest BCUT2D eigenvalue weighted by molar-refractivity contribution is 5.87. The minimum atomic E-state index is 0.0164. The molecule has 0 radical (unpaired) electrons. The molecule has 0 saturated carbocycles. The van der Waals surface area contributed by atoms with Crippen molar-refractivity contribution in [3.05, 3.63) is 40.2 Å². The molecule has 1 aliphatic carbocycles. The fourth-order valence-corrected chi connectivity index (χ4v) is 3.90. The van der Waals surface area contributed by atoms with Crippen LogP contribution < -0.4 is 0 Å². The summed E-state index contributed by atoms with van der Waals surface area (Å²) in [4.78, 5) is 0. The summed E-state index contributed by atoms with van der Waals surface area (Å²) >= 11 is 0. The lowest BCUT2D eigenvalue weighted by Gasteiger charge is -2.45. The summed E-state index contributed by atoms with van der Waals surface area (Å²) in [5.74, 6) is 0. The van der Waals surface area contributed by atoms with Crippen LogP contribution in [-0.2, 0) is 13.0 Å². The Labute approximate surface area is 117 Å². The van der Waals surface area contributed by atoms with E-state index in [0.29, 0.717) is 6.54 Å². The molecule has 5 nitrogen and oxygen atoms in total. The van der Waals surface area contributed by atoms with Gasteiger partial charge in [0.1, 0.15) is 0 Å². The van der Waals surface area contributed by atoms with Gasteiger partial charge in [0.2, 0.25) is 0 Å². The summed E-state index contributed by atoms with van der Waals surface area (Å²) in [6.45, 7) is 3.43. The fraction of sp³-hybridized carbons (Fsp3) is 0.467. The van der Waals surface area contributed by atoms with Gasteiger partial charge in [-0.25, -0.2) is 5.01 Å². The Balaban J connectivity index is 1.98. The highest BCUT2D eigenvalue weighted by atomic mass is 16.8. The van der Waals surface area contributed by atoms with E-state index in [9.17, 15) is 10.4 Å². The van der Waals surface area contributed by atoms with Crippen LogP contribution in [0.25, 0.3) is 10.9 Å². The standard InChI is InChI=1S/C15H18N3O2/c1-10-5-6-13-12(9-10)11-3-2-4-14-15(11)16(13)7-8-17(14)18(19)20/h5-6,9,14,19H,2-4,7-8H2,1H3/q-1. The summed E-state index contributed by atoms with van der Waals surface area (Å²) < 4.78 is 2.34. The lowest BCUT2D eigenvalue weighted by atomic mass is 9.90. The number of fused-ring (bicyclic) bond motifs is 3. The van der Waals surface area contributed by atoms with E-state index in [2.05, 4.69) is 29.7 Å². The van der Waals surface area contributed by atoms with Gasteiger partial charge in [-0.15, -0.1) is 0 Å². The quantitative estimate of drug-likeness (QED) is 0.811. The summed E-state index contributed by atoms with van der Waals surface area (Å²) in [5.41, 5.74) is 5.13. The Hall–Kier alpha value is -1.40. The van der Waals surface area contributed by atoms with Crippen molar-refractivity contribution in [2.45, 2.75) is 38.8 Å². The van der Waals surface area contributed by atoms with Gasteiger partial charge < -0.3 is 15.0 Å². The largest absolute Gasteiger partial charge is 0.748 e. The van der Waals surface area contributed by atoms with Gasteiger partial charge in [0.05, 0.1) is 6.04 Å². The molecule has 1 aromatic heterocycles. The Morgan fingerprint density at radius 2 is 2.20 bits per heavy atom. The molecule has 20 heavy (non-hydrogen) atoms. The maximum absolute atomic E-state index is 11.4. The topological polar surface area (TPSA) is 54.7 Å². The van der Waals surface area contributed by atoms with Crippen molar-refractivity contribution in [3.63, 3.8) is 0 Å². The van der Waals surface area contributed by atoms with E-state index >= 15 is 0 Å². The minimum Gasteiger partial charge on any atom is -0.748 e. The van der Waals surface area contributed by atoms with Gasteiger partial charge in [0.15, 0.2) is 0 Å². The lowest BCUT2D eigenvalue weighted by Crippen LogP contribution is -2.46. The predicted molar refractivity (Wildman–Crippen MR) is 76.1 cm³/mol. The molecule has 0 amide bonds. The first-order valence-corrected chi connectivity index (χ1v) is 7.21. The Bertz CT molecular complexity index is 677. The van der Waals surface area contributed by atoms with Gasteiger partial charge in [0, 0.05) is 29.7 Å². The molecule has 0 saturated heterocycles. The van der Waals surface area contributed by atoms with Crippen LogP contribution in [0.3, 0.4) is 0 Å². The smallest absolute Gasteiger partial charge is 0.0663 e. The van der Waals surface area contributed by atoms with Crippen LogP contribution in [0.5, 0.6) is 0 Å². The van der Waals surface area contributed by atoms with Crippen molar-refractivity contribution >= 4 is 10.9 Å². The molecule has 0 bridgehead atoms. The van der Waals surface area contributed by atoms with Crippen molar-refractivity contribution < 1.29 is 5.21 Å². The first-order chi connectivity index (χ1) is 9.66. The molecule has 106 valence electrons. The fourth-order valence-electron chi connectivity index (χ4n) is 3.90. The monoisotopic (exact) mass is 272 g/mol. The van der Waals surface area contributed by atoms with Gasteiger partial charge in [-0.3, -0.25) is 0 Å². The molecular formula is C15H18N3O2-. The van der Waals surface area contributed by atoms with E-state index in [4.69, 9.17) is 0 Å². The number of rotatable bonds is 1. The van der Waals surface area contributed by atoms with Crippen LogP contribution in [-0.4, -0.2) is 26.7 Å². The molecule has 5 heteroatoms. The zero-order valence-corrected chi connectivity index (χ0v) is 11.5. The average molecular weight is 272 g/mol. The lowest BCUT2D eigenvalue weighted by molar-refractivity contribution is -0.233. The predicted octanol–water partition coefficient (Wildman–Crippen LogP) is 2.75.